The summed E-state index contributed by atoms with van der Waals surface area (Å²) in [6, 6.07) is 0. The van der Waals surface area contributed by atoms with E-state index in [0.717, 1.165) is 32.1 Å². The van der Waals surface area contributed by atoms with Gasteiger partial charge < -0.3 is 20.1 Å². The van der Waals surface area contributed by atoms with Crippen molar-refractivity contribution in [2.45, 2.75) is 89.6 Å². The molecular weight excluding hydrogens is 320 g/mol. The lowest BCUT2D eigenvalue weighted by atomic mass is 9.73. The van der Waals surface area contributed by atoms with Crippen molar-refractivity contribution in [2.75, 3.05) is 6.61 Å². The number of hydrogen-bond acceptors (Lipinski definition) is 5. The van der Waals surface area contributed by atoms with Crippen LogP contribution in [0.2, 0.25) is 0 Å². The van der Waals surface area contributed by atoms with Crippen LogP contribution in [-0.2, 0) is 9.53 Å². The zero-order valence-electron chi connectivity index (χ0n) is 15.6. The number of allylic oxidation sites excluding steroid dienone is 1. The zero-order valence-corrected chi connectivity index (χ0v) is 15.6. The van der Waals surface area contributed by atoms with E-state index in [1.54, 1.807) is 0 Å². The third kappa shape index (κ3) is 5.13. The van der Waals surface area contributed by atoms with E-state index in [2.05, 4.69) is 13.8 Å². The molecule has 5 nitrogen and oxygen atoms in total. The molecule has 0 aromatic carbocycles. The summed E-state index contributed by atoms with van der Waals surface area (Å²) < 4.78 is 5.52. The van der Waals surface area contributed by atoms with Crippen LogP contribution in [0.3, 0.4) is 0 Å². The Morgan fingerprint density at radius 1 is 1.04 bits per heavy atom. The summed E-state index contributed by atoms with van der Waals surface area (Å²) in [5, 5.41) is 29.8. The van der Waals surface area contributed by atoms with Gasteiger partial charge in [0.25, 0.3) is 0 Å². The van der Waals surface area contributed by atoms with Gasteiger partial charge in [0.05, 0.1) is 6.61 Å². The fourth-order valence-corrected chi connectivity index (χ4v) is 4.03. The number of aliphatic hydroxyl groups excluding tert-OH is 3. The number of hydrogen-bond donors (Lipinski definition) is 3. The highest BCUT2D eigenvalue weighted by atomic mass is 16.5. The van der Waals surface area contributed by atoms with Gasteiger partial charge in [-0.05, 0) is 24.7 Å². The minimum absolute atomic E-state index is 0.0156. The number of aliphatic hydroxyl groups is 3. The van der Waals surface area contributed by atoms with Crippen molar-refractivity contribution in [3.8, 4) is 0 Å². The molecule has 1 heterocycles. The van der Waals surface area contributed by atoms with E-state index in [9.17, 15) is 20.1 Å². The maximum absolute atomic E-state index is 12.7. The lowest BCUT2D eigenvalue weighted by Crippen LogP contribution is -2.54. The van der Waals surface area contributed by atoms with Gasteiger partial charge in [-0.2, -0.15) is 0 Å². The third-order valence-corrected chi connectivity index (χ3v) is 5.65. The van der Waals surface area contributed by atoms with Crippen molar-refractivity contribution >= 4 is 5.78 Å². The number of ether oxygens (including phenoxy) is 1. The number of unbranched alkanes of at least 4 members (excludes halogenated alkanes) is 3. The summed E-state index contributed by atoms with van der Waals surface area (Å²) in [6.07, 6.45) is 5.86. The average molecular weight is 354 g/mol. The molecule has 25 heavy (non-hydrogen) atoms. The van der Waals surface area contributed by atoms with E-state index < -0.39 is 24.4 Å². The van der Waals surface area contributed by atoms with Crippen molar-refractivity contribution in [3.05, 3.63) is 11.6 Å². The number of carbonyl (C=O) groups excluding carboxylic acids is 1. The van der Waals surface area contributed by atoms with Gasteiger partial charge in [-0.25, -0.2) is 0 Å². The molecule has 2 rings (SSSR count). The smallest absolute Gasteiger partial charge is 0.161 e. The molecule has 0 bridgehead atoms. The molecule has 3 unspecified atom stereocenters. The summed E-state index contributed by atoms with van der Waals surface area (Å²) in [7, 11) is 0. The Kier molecular flexibility index (Phi) is 8.07. The Hall–Kier alpha value is -0.750. The number of Topliss-reactive ketones (excluding diaryl/α,β-unsaturated/α-hetero) is 1. The number of ketones is 1. The molecule has 1 aliphatic heterocycles. The highest BCUT2D eigenvalue weighted by Crippen LogP contribution is 2.37. The second kappa shape index (κ2) is 9.81. The topological polar surface area (TPSA) is 87.0 Å². The van der Waals surface area contributed by atoms with Crippen molar-refractivity contribution in [3.63, 3.8) is 0 Å². The predicted molar refractivity (Wildman–Crippen MR) is 96.1 cm³/mol. The molecule has 1 fully saturated rings. The predicted octanol–water partition coefficient (Wildman–Crippen LogP) is 2.37. The van der Waals surface area contributed by atoms with Gasteiger partial charge in [0.15, 0.2) is 5.78 Å². The molecule has 0 aromatic heterocycles. The second-order valence-corrected chi connectivity index (χ2v) is 7.61. The summed E-state index contributed by atoms with van der Waals surface area (Å²) in [5.74, 6) is 0.705. The zero-order chi connectivity index (χ0) is 18.4. The molecule has 3 N–H and O–H groups in total. The quantitative estimate of drug-likeness (QED) is 0.583. The molecule has 1 aliphatic carbocycles. The molecule has 0 aromatic rings. The van der Waals surface area contributed by atoms with Crippen LogP contribution < -0.4 is 0 Å². The Morgan fingerprint density at radius 3 is 2.44 bits per heavy atom. The molecule has 0 spiro atoms. The minimum Gasteiger partial charge on any atom is -0.388 e. The van der Waals surface area contributed by atoms with Crippen LogP contribution in [0.4, 0.5) is 0 Å². The van der Waals surface area contributed by atoms with Crippen molar-refractivity contribution in [1.29, 1.82) is 0 Å². The molecule has 1 saturated heterocycles. The Labute approximate surface area is 151 Å². The first-order valence-corrected chi connectivity index (χ1v) is 9.90. The Balaban J connectivity index is 2.14. The largest absolute Gasteiger partial charge is 0.388 e. The fraction of sp³-hybridized carbons (Fsp3) is 0.850. The Morgan fingerprint density at radius 2 is 1.76 bits per heavy atom. The number of rotatable bonds is 8. The maximum Gasteiger partial charge on any atom is 0.161 e. The first-order chi connectivity index (χ1) is 12.0. The van der Waals surface area contributed by atoms with Gasteiger partial charge in [-0.15, -0.1) is 0 Å². The molecule has 2 aliphatic rings. The summed E-state index contributed by atoms with van der Waals surface area (Å²) in [5.41, 5.74) is 0.492. The van der Waals surface area contributed by atoms with Crippen LogP contribution in [0, 0.1) is 11.8 Å². The number of carbonyl (C=O) groups is 1. The van der Waals surface area contributed by atoms with Crippen LogP contribution in [0.25, 0.3) is 0 Å². The minimum atomic E-state index is -1.27. The first-order valence-electron chi connectivity index (χ1n) is 9.90. The third-order valence-electron chi connectivity index (χ3n) is 5.65. The molecular formula is C20H34O5. The van der Waals surface area contributed by atoms with Crippen LogP contribution in [0.1, 0.15) is 65.2 Å². The van der Waals surface area contributed by atoms with Crippen molar-refractivity contribution in [1.82, 2.24) is 0 Å². The van der Waals surface area contributed by atoms with E-state index in [1.807, 2.05) is 6.08 Å². The normalized spacial score (nSPS) is 36.4. The maximum atomic E-state index is 12.7. The van der Waals surface area contributed by atoms with Crippen molar-refractivity contribution in [2.24, 2.45) is 11.8 Å². The lowest BCUT2D eigenvalue weighted by molar-refractivity contribution is -0.178. The molecule has 0 amide bonds. The average Bonchev–Trinajstić information content (AvgIpc) is 2.60. The highest BCUT2D eigenvalue weighted by molar-refractivity contribution is 5.97. The SMILES string of the molecule is CCCCCC1CC(=O)C([C@@H]2OC[C@@H](O)C(O)[C@@H]2O)=CC1CCCC. The van der Waals surface area contributed by atoms with Gasteiger partial charge in [0, 0.05) is 12.0 Å². The fourth-order valence-electron chi connectivity index (χ4n) is 4.03. The molecule has 0 saturated carbocycles. The van der Waals surface area contributed by atoms with Crippen molar-refractivity contribution < 1.29 is 24.9 Å². The van der Waals surface area contributed by atoms with Crippen LogP contribution in [0.15, 0.2) is 11.6 Å². The van der Waals surface area contributed by atoms with E-state index in [1.165, 1.54) is 12.8 Å². The monoisotopic (exact) mass is 354 g/mol. The van der Waals surface area contributed by atoms with Gasteiger partial charge in [0.2, 0.25) is 0 Å². The Bertz CT molecular complexity index is 461. The highest BCUT2D eigenvalue weighted by Gasteiger charge is 2.43. The van der Waals surface area contributed by atoms with E-state index in [4.69, 9.17) is 4.74 Å². The second-order valence-electron chi connectivity index (χ2n) is 7.61. The first kappa shape index (κ1) is 20.6. The van der Waals surface area contributed by atoms with E-state index >= 15 is 0 Å². The lowest BCUT2D eigenvalue weighted by Gasteiger charge is -2.39. The summed E-state index contributed by atoms with van der Waals surface area (Å²) >= 11 is 0. The molecule has 6 atom stereocenters. The van der Waals surface area contributed by atoms with Gasteiger partial charge in [0.1, 0.15) is 24.4 Å². The molecule has 0 radical (unpaired) electrons. The van der Waals surface area contributed by atoms with E-state index in [-0.39, 0.29) is 12.4 Å². The standard InChI is InChI=1S/C20H34O5/c1-3-5-7-9-14-11-16(21)15(10-13(14)8-6-4-2)20-19(24)18(23)17(22)12-25-20/h10,13-14,17-20,22-24H,3-9,11-12H2,1-2H3/t13?,14?,17-,18?,19+,20+/m1/s1. The van der Waals surface area contributed by atoms with E-state index in [0.29, 0.717) is 23.8 Å². The summed E-state index contributed by atoms with van der Waals surface area (Å²) in [6.45, 7) is 4.28. The van der Waals surface area contributed by atoms with Gasteiger partial charge in [-0.3, -0.25) is 4.79 Å². The van der Waals surface area contributed by atoms with Crippen LogP contribution in [0.5, 0.6) is 0 Å². The molecule has 144 valence electrons. The summed E-state index contributed by atoms with van der Waals surface area (Å²) in [4.78, 5) is 12.7. The molecule has 5 heteroatoms. The van der Waals surface area contributed by atoms with Crippen LogP contribution >= 0.6 is 0 Å². The van der Waals surface area contributed by atoms with Crippen LogP contribution in [-0.4, -0.2) is 52.1 Å². The van der Waals surface area contributed by atoms with Gasteiger partial charge in [-0.1, -0.05) is 52.0 Å². The van der Waals surface area contributed by atoms with Gasteiger partial charge >= 0.3 is 0 Å².